The summed E-state index contributed by atoms with van der Waals surface area (Å²) in [5, 5.41) is 3.74. The normalized spacial score (nSPS) is 26.7. The molecule has 0 saturated carbocycles. The highest BCUT2D eigenvalue weighted by atomic mass is 15.1. The highest BCUT2D eigenvalue weighted by molar-refractivity contribution is 5.01. The van der Waals surface area contributed by atoms with Crippen LogP contribution in [0.5, 0.6) is 0 Å². The maximum Gasteiger partial charge on any atom is 0.0227 e. The first kappa shape index (κ1) is 19.0. The largest absolute Gasteiger partial charge is 0.308 e. The molecule has 0 bridgehead atoms. The van der Waals surface area contributed by atoms with Crippen LogP contribution in [0.2, 0.25) is 0 Å². The van der Waals surface area contributed by atoms with Crippen LogP contribution in [0.15, 0.2) is 0 Å². The van der Waals surface area contributed by atoms with Crippen LogP contribution in [0.1, 0.15) is 93.9 Å². The average molecular weight is 296 g/mol. The van der Waals surface area contributed by atoms with Crippen molar-refractivity contribution in [2.45, 2.75) is 106 Å². The Morgan fingerprint density at radius 3 is 1.90 bits per heavy atom. The molecule has 1 rings (SSSR count). The van der Waals surface area contributed by atoms with Crippen molar-refractivity contribution >= 4 is 0 Å². The number of hydrogen-bond donors (Lipinski definition) is 1. The third kappa shape index (κ3) is 5.58. The molecule has 0 spiro atoms. The van der Waals surface area contributed by atoms with Gasteiger partial charge in [0.25, 0.3) is 0 Å². The fourth-order valence-electron chi connectivity index (χ4n) is 4.22. The first-order chi connectivity index (χ1) is 9.67. The second kappa shape index (κ2) is 7.49. The minimum atomic E-state index is 0.479. The van der Waals surface area contributed by atoms with Gasteiger partial charge in [-0.15, -0.1) is 0 Å². The zero-order valence-corrected chi connectivity index (χ0v) is 16.1. The highest BCUT2D eigenvalue weighted by Crippen LogP contribution is 2.47. The standard InChI is InChI=1S/C20H41N/c1-9-16(13-18-17(21-18)12-15(4)5)20(8,11-3)14-19(6,7)10-2/h15-18,21H,9-14H2,1-8H3. The van der Waals surface area contributed by atoms with E-state index in [1.165, 1.54) is 38.5 Å². The molecule has 21 heavy (non-hydrogen) atoms. The second-order valence-electron chi connectivity index (χ2n) is 9.05. The minimum Gasteiger partial charge on any atom is -0.308 e. The van der Waals surface area contributed by atoms with Gasteiger partial charge in [0.05, 0.1) is 0 Å². The lowest BCUT2D eigenvalue weighted by Gasteiger charge is -2.42. The second-order valence-corrected chi connectivity index (χ2v) is 9.05. The van der Waals surface area contributed by atoms with Crippen LogP contribution in [-0.4, -0.2) is 12.1 Å². The van der Waals surface area contributed by atoms with Gasteiger partial charge >= 0.3 is 0 Å². The Balaban J connectivity index is 2.64. The molecule has 126 valence electrons. The molecule has 0 aliphatic carbocycles. The summed E-state index contributed by atoms with van der Waals surface area (Å²) in [6, 6.07) is 1.60. The third-order valence-corrected chi connectivity index (χ3v) is 6.19. The Hall–Kier alpha value is -0.0400. The van der Waals surface area contributed by atoms with E-state index in [2.05, 4.69) is 60.7 Å². The van der Waals surface area contributed by atoms with Gasteiger partial charge in [0, 0.05) is 12.1 Å². The van der Waals surface area contributed by atoms with E-state index in [1.807, 2.05) is 0 Å². The van der Waals surface area contributed by atoms with Gasteiger partial charge in [-0.05, 0) is 41.9 Å². The molecule has 1 saturated heterocycles. The van der Waals surface area contributed by atoms with E-state index in [4.69, 9.17) is 0 Å². The van der Waals surface area contributed by atoms with Crippen LogP contribution in [0, 0.1) is 22.7 Å². The quantitative estimate of drug-likeness (QED) is 0.488. The van der Waals surface area contributed by atoms with Gasteiger partial charge in [0.1, 0.15) is 0 Å². The molecule has 1 aliphatic heterocycles. The van der Waals surface area contributed by atoms with E-state index in [-0.39, 0.29) is 0 Å². The molecule has 1 fully saturated rings. The van der Waals surface area contributed by atoms with Crippen molar-refractivity contribution < 1.29 is 0 Å². The molecule has 4 unspecified atom stereocenters. The molecule has 1 N–H and O–H groups in total. The summed E-state index contributed by atoms with van der Waals surface area (Å²) >= 11 is 0. The van der Waals surface area contributed by atoms with Gasteiger partial charge in [0.15, 0.2) is 0 Å². The predicted octanol–water partition coefficient (Wildman–Crippen LogP) is 6.03. The maximum atomic E-state index is 3.74. The van der Waals surface area contributed by atoms with Crippen LogP contribution in [0.4, 0.5) is 0 Å². The molecule has 1 heteroatoms. The van der Waals surface area contributed by atoms with Gasteiger partial charge in [0.2, 0.25) is 0 Å². The van der Waals surface area contributed by atoms with E-state index in [9.17, 15) is 0 Å². The van der Waals surface area contributed by atoms with Crippen molar-refractivity contribution in [3.8, 4) is 0 Å². The van der Waals surface area contributed by atoms with E-state index < -0.39 is 0 Å². The van der Waals surface area contributed by atoms with Gasteiger partial charge < -0.3 is 5.32 Å². The molecule has 1 aliphatic rings. The summed E-state index contributed by atoms with van der Waals surface area (Å²) in [6.45, 7) is 19.3. The Kier molecular flexibility index (Phi) is 6.78. The zero-order chi connectivity index (χ0) is 16.3. The van der Waals surface area contributed by atoms with E-state index >= 15 is 0 Å². The summed E-state index contributed by atoms with van der Waals surface area (Å²) in [4.78, 5) is 0. The van der Waals surface area contributed by atoms with Crippen LogP contribution < -0.4 is 5.32 Å². The molecule has 0 aromatic heterocycles. The summed E-state index contributed by atoms with van der Waals surface area (Å²) in [5.41, 5.74) is 0.980. The van der Waals surface area contributed by atoms with Gasteiger partial charge in [-0.3, -0.25) is 0 Å². The average Bonchev–Trinajstić information content (AvgIpc) is 3.12. The maximum absolute atomic E-state index is 3.74. The molecule has 0 radical (unpaired) electrons. The molecule has 0 aromatic rings. The number of rotatable bonds is 10. The molecular weight excluding hydrogens is 254 g/mol. The zero-order valence-electron chi connectivity index (χ0n) is 16.1. The van der Waals surface area contributed by atoms with Crippen molar-refractivity contribution in [2.24, 2.45) is 22.7 Å². The minimum absolute atomic E-state index is 0.479. The molecule has 0 amide bonds. The Morgan fingerprint density at radius 2 is 1.48 bits per heavy atom. The summed E-state index contributed by atoms with van der Waals surface area (Å²) in [6.07, 6.45) is 8.04. The van der Waals surface area contributed by atoms with Crippen molar-refractivity contribution in [3.05, 3.63) is 0 Å². The van der Waals surface area contributed by atoms with Crippen molar-refractivity contribution in [2.75, 3.05) is 0 Å². The fraction of sp³-hybridized carbons (Fsp3) is 1.00. The molecule has 0 aromatic carbocycles. The third-order valence-electron chi connectivity index (χ3n) is 6.19. The lowest BCUT2D eigenvalue weighted by molar-refractivity contribution is 0.0831. The summed E-state index contributed by atoms with van der Waals surface area (Å²) in [5.74, 6) is 1.69. The Morgan fingerprint density at radius 1 is 0.905 bits per heavy atom. The van der Waals surface area contributed by atoms with E-state index in [0.717, 1.165) is 23.9 Å². The smallest absolute Gasteiger partial charge is 0.0227 e. The summed E-state index contributed by atoms with van der Waals surface area (Å²) in [7, 11) is 0. The van der Waals surface area contributed by atoms with Crippen LogP contribution >= 0.6 is 0 Å². The Bertz CT molecular complexity index is 307. The molecule has 1 nitrogen and oxygen atoms in total. The van der Waals surface area contributed by atoms with Crippen LogP contribution in [0.25, 0.3) is 0 Å². The first-order valence-corrected chi connectivity index (χ1v) is 9.43. The highest BCUT2D eigenvalue weighted by Gasteiger charge is 2.43. The number of hydrogen-bond acceptors (Lipinski definition) is 1. The van der Waals surface area contributed by atoms with Crippen molar-refractivity contribution in [1.29, 1.82) is 0 Å². The fourth-order valence-corrected chi connectivity index (χ4v) is 4.22. The summed E-state index contributed by atoms with van der Waals surface area (Å²) < 4.78 is 0. The first-order valence-electron chi connectivity index (χ1n) is 9.43. The van der Waals surface area contributed by atoms with Crippen LogP contribution in [0.3, 0.4) is 0 Å². The molecule has 4 atom stereocenters. The predicted molar refractivity (Wildman–Crippen MR) is 95.7 cm³/mol. The SMILES string of the molecule is CCC(CC1NC1CC(C)C)C(C)(CC)CC(C)(C)CC. The van der Waals surface area contributed by atoms with E-state index in [1.54, 1.807) is 0 Å². The monoisotopic (exact) mass is 295 g/mol. The molecular formula is C20H41N. The topological polar surface area (TPSA) is 21.9 Å². The van der Waals surface area contributed by atoms with Gasteiger partial charge in [-0.1, -0.05) is 74.7 Å². The lowest BCUT2D eigenvalue weighted by atomic mass is 9.63. The van der Waals surface area contributed by atoms with Crippen molar-refractivity contribution in [3.63, 3.8) is 0 Å². The van der Waals surface area contributed by atoms with Gasteiger partial charge in [-0.2, -0.15) is 0 Å². The number of nitrogens with one attached hydrogen (secondary N) is 1. The van der Waals surface area contributed by atoms with E-state index in [0.29, 0.717) is 10.8 Å². The Labute approximate surface area is 134 Å². The molecule has 1 heterocycles. The van der Waals surface area contributed by atoms with Crippen LogP contribution in [-0.2, 0) is 0 Å². The lowest BCUT2D eigenvalue weighted by Crippen LogP contribution is -2.33. The van der Waals surface area contributed by atoms with Crippen molar-refractivity contribution in [1.82, 2.24) is 5.32 Å². The van der Waals surface area contributed by atoms with Gasteiger partial charge in [-0.25, -0.2) is 0 Å².